The number of pyridine rings is 1. The quantitative estimate of drug-likeness (QED) is 0.499. The third-order valence-corrected chi connectivity index (χ3v) is 4.97. The van der Waals surface area contributed by atoms with Gasteiger partial charge in [0, 0.05) is 19.0 Å². The van der Waals surface area contributed by atoms with Crippen molar-refractivity contribution in [2.75, 3.05) is 13.1 Å². The van der Waals surface area contributed by atoms with Crippen molar-refractivity contribution in [3.8, 4) is 5.75 Å². The van der Waals surface area contributed by atoms with E-state index in [-0.39, 0.29) is 13.2 Å². The second-order valence-corrected chi connectivity index (χ2v) is 6.98. The summed E-state index contributed by atoms with van der Waals surface area (Å²) in [6, 6.07) is 18.0. The zero-order valence-electron chi connectivity index (χ0n) is 15.7. The summed E-state index contributed by atoms with van der Waals surface area (Å²) in [6.45, 7) is 0.355. The normalized spacial score (nSPS) is 19.1. The number of para-hydroxylation sites is 1. The molecule has 1 aliphatic rings. The highest BCUT2D eigenvalue weighted by atomic mass is 19.1. The molecule has 2 heterocycles. The first-order chi connectivity index (χ1) is 14.1. The average Bonchev–Trinajstić information content (AvgIpc) is 2.74. The van der Waals surface area contributed by atoms with Crippen LogP contribution in [0.1, 0.15) is 12.0 Å². The summed E-state index contributed by atoms with van der Waals surface area (Å²) >= 11 is 0. The lowest BCUT2D eigenvalue weighted by molar-refractivity contribution is -0.577. The fourth-order valence-electron chi connectivity index (χ4n) is 3.46. The summed E-state index contributed by atoms with van der Waals surface area (Å²) in [6.07, 6.45) is -0.972. The van der Waals surface area contributed by atoms with Gasteiger partial charge in [0.1, 0.15) is 12.7 Å². The van der Waals surface area contributed by atoms with Gasteiger partial charge < -0.3 is 19.6 Å². The number of likely N-dealkylation sites (tertiary alicyclic amines) is 1. The number of rotatable bonds is 4. The Morgan fingerprint density at radius 3 is 2.72 bits per heavy atom. The van der Waals surface area contributed by atoms with Crippen LogP contribution in [0.15, 0.2) is 66.9 Å². The molecule has 1 saturated heterocycles. The number of benzene rings is 2. The molecule has 1 aromatic heterocycles. The number of alkyl halides is 1. The van der Waals surface area contributed by atoms with Crippen LogP contribution >= 0.6 is 0 Å². The van der Waals surface area contributed by atoms with Crippen LogP contribution in [0.3, 0.4) is 0 Å². The number of piperidine rings is 1. The van der Waals surface area contributed by atoms with Gasteiger partial charge in [0.05, 0.1) is 11.9 Å². The first-order valence-electron chi connectivity index (χ1n) is 9.49. The largest absolute Gasteiger partial charge is 0.618 e. The maximum Gasteiger partial charge on any atom is 0.410 e. The topological polar surface area (TPSA) is 65.7 Å². The van der Waals surface area contributed by atoms with E-state index in [9.17, 15) is 14.4 Å². The van der Waals surface area contributed by atoms with E-state index >= 15 is 0 Å². The minimum absolute atomic E-state index is 0.111. The molecule has 0 spiro atoms. The van der Waals surface area contributed by atoms with Crippen LogP contribution in [-0.2, 0) is 11.3 Å². The van der Waals surface area contributed by atoms with Gasteiger partial charge in [0.2, 0.25) is 0 Å². The maximum atomic E-state index is 14.7. The Kier molecular flexibility index (Phi) is 5.46. The number of fused-ring (bicyclic) bond motifs is 1. The molecular formula is C22H21FN2O4. The van der Waals surface area contributed by atoms with Crippen LogP contribution in [0.2, 0.25) is 0 Å². The summed E-state index contributed by atoms with van der Waals surface area (Å²) in [5.41, 5.74) is 1.24. The van der Waals surface area contributed by atoms with Crippen molar-refractivity contribution < 1.29 is 23.4 Å². The number of halogens is 1. The molecule has 2 atom stereocenters. The Morgan fingerprint density at radius 1 is 1.14 bits per heavy atom. The van der Waals surface area contributed by atoms with Crippen molar-refractivity contribution >= 4 is 17.0 Å². The molecular weight excluding hydrogens is 375 g/mol. The molecule has 29 heavy (non-hydrogen) atoms. The van der Waals surface area contributed by atoms with Crippen LogP contribution in [0.4, 0.5) is 9.18 Å². The van der Waals surface area contributed by atoms with E-state index < -0.39 is 18.4 Å². The van der Waals surface area contributed by atoms with E-state index in [2.05, 4.69) is 0 Å². The molecule has 0 saturated carbocycles. The van der Waals surface area contributed by atoms with E-state index in [0.717, 1.165) is 10.9 Å². The van der Waals surface area contributed by atoms with Gasteiger partial charge in [0.15, 0.2) is 18.1 Å². The van der Waals surface area contributed by atoms with Gasteiger partial charge in [-0.25, -0.2) is 9.18 Å². The van der Waals surface area contributed by atoms with Gasteiger partial charge in [-0.05, 0) is 23.8 Å². The molecule has 1 fully saturated rings. The van der Waals surface area contributed by atoms with Crippen molar-refractivity contribution in [3.63, 3.8) is 0 Å². The molecule has 1 aliphatic heterocycles. The summed E-state index contributed by atoms with van der Waals surface area (Å²) in [4.78, 5) is 13.6. The fourth-order valence-corrected chi connectivity index (χ4v) is 3.46. The van der Waals surface area contributed by atoms with Crippen molar-refractivity contribution in [2.45, 2.75) is 25.3 Å². The summed E-state index contributed by atoms with van der Waals surface area (Å²) < 4.78 is 26.6. The Bertz CT molecular complexity index is 993. The van der Waals surface area contributed by atoms with E-state index in [1.807, 2.05) is 30.3 Å². The Balaban J connectivity index is 1.38. The zero-order valence-corrected chi connectivity index (χ0v) is 15.7. The first kappa shape index (κ1) is 19.0. The van der Waals surface area contributed by atoms with Gasteiger partial charge in [-0.2, -0.15) is 4.73 Å². The van der Waals surface area contributed by atoms with E-state index in [4.69, 9.17) is 9.47 Å². The molecule has 3 aromatic rings. The number of hydrogen-bond donors (Lipinski definition) is 0. The minimum atomic E-state index is -1.38. The Morgan fingerprint density at radius 2 is 1.93 bits per heavy atom. The molecule has 7 heteroatoms. The summed E-state index contributed by atoms with van der Waals surface area (Å²) in [5.74, 6) is 0.339. The average molecular weight is 396 g/mol. The van der Waals surface area contributed by atoms with E-state index in [1.54, 1.807) is 30.3 Å². The Labute approximate surface area is 167 Å². The lowest BCUT2D eigenvalue weighted by Gasteiger charge is -2.34. The second kappa shape index (κ2) is 8.34. The van der Waals surface area contributed by atoms with E-state index in [0.29, 0.717) is 29.0 Å². The van der Waals surface area contributed by atoms with Crippen molar-refractivity contribution in [3.05, 3.63) is 77.6 Å². The zero-order chi connectivity index (χ0) is 20.2. The number of ether oxygens (including phenoxy) is 2. The second-order valence-electron chi connectivity index (χ2n) is 6.98. The molecule has 4 rings (SSSR count). The Hall–Kier alpha value is -3.35. The first-order valence-corrected chi connectivity index (χ1v) is 9.49. The van der Waals surface area contributed by atoms with Gasteiger partial charge in [0.25, 0.3) is 5.52 Å². The van der Waals surface area contributed by atoms with Gasteiger partial charge >= 0.3 is 6.09 Å². The minimum Gasteiger partial charge on any atom is -0.618 e. The highest BCUT2D eigenvalue weighted by molar-refractivity contribution is 5.81. The summed E-state index contributed by atoms with van der Waals surface area (Å²) in [7, 11) is 0. The molecule has 0 unspecified atom stereocenters. The number of aromatic nitrogens is 1. The highest BCUT2D eigenvalue weighted by Gasteiger charge is 2.34. The van der Waals surface area contributed by atoms with Crippen LogP contribution in [0.25, 0.3) is 10.9 Å². The number of carbonyl (C=O) groups excluding carboxylic acids is 1. The number of hydrogen-bond acceptors (Lipinski definition) is 4. The predicted molar refractivity (Wildman–Crippen MR) is 105 cm³/mol. The molecule has 0 radical (unpaired) electrons. The monoisotopic (exact) mass is 396 g/mol. The number of nitrogens with zero attached hydrogens (tertiary/aromatic N) is 2. The van der Waals surface area contributed by atoms with Gasteiger partial charge in [-0.1, -0.05) is 36.4 Å². The lowest BCUT2D eigenvalue weighted by atomic mass is 10.1. The third-order valence-electron chi connectivity index (χ3n) is 4.97. The lowest BCUT2D eigenvalue weighted by Crippen LogP contribution is -2.49. The SMILES string of the molecule is O=C(OCc1ccccc1)N1CC[C@H](Oc2cccc3ccc[n+]([O-])c23)[C@@H](F)C1. The van der Waals surface area contributed by atoms with Crippen molar-refractivity contribution in [1.29, 1.82) is 0 Å². The van der Waals surface area contributed by atoms with Crippen LogP contribution in [0.5, 0.6) is 5.75 Å². The van der Waals surface area contributed by atoms with Crippen LogP contribution < -0.4 is 9.47 Å². The molecule has 0 N–H and O–H groups in total. The highest BCUT2D eigenvalue weighted by Crippen LogP contribution is 2.27. The third kappa shape index (κ3) is 4.23. The molecule has 1 amide bonds. The van der Waals surface area contributed by atoms with Gasteiger partial charge in [-0.3, -0.25) is 0 Å². The van der Waals surface area contributed by atoms with Crippen LogP contribution in [-0.4, -0.2) is 36.4 Å². The fraction of sp³-hybridized carbons (Fsp3) is 0.273. The molecule has 0 bridgehead atoms. The van der Waals surface area contributed by atoms with E-state index in [1.165, 1.54) is 11.1 Å². The molecule has 2 aromatic carbocycles. The van der Waals surface area contributed by atoms with Crippen molar-refractivity contribution in [2.24, 2.45) is 0 Å². The molecule has 6 nitrogen and oxygen atoms in total. The van der Waals surface area contributed by atoms with Gasteiger partial charge in [-0.15, -0.1) is 0 Å². The molecule has 0 aliphatic carbocycles. The summed E-state index contributed by atoms with van der Waals surface area (Å²) in [5, 5.41) is 12.8. The number of amides is 1. The smallest absolute Gasteiger partial charge is 0.410 e. The molecule has 150 valence electrons. The standard InChI is InChI=1S/C22H21FN2O4/c23-18-14-24(22(26)28-15-16-6-2-1-3-7-16)13-11-19(18)29-20-10-4-8-17-9-5-12-25(27)21(17)20/h1-10,12,18-19H,11,13-15H2/t18-,19-/m0/s1. The maximum absolute atomic E-state index is 14.7. The van der Waals surface area contributed by atoms with Crippen molar-refractivity contribution in [1.82, 2.24) is 4.90 Å². The predicted octanol–water partition coefficient (Wildman–Crippen LogP) is 3.60. The number of carbonyl (C=O) groups is 1. The van der Waals surface area contributed by atoms with Crippen LogP contribution in [0, 0.1) is 5.21 Å².